The monoisotopic (exact) mass is 181 g/mol. The smallest absolute Gasteiger partial charge is 0.221 e. The normalized spacial score (nSPS) is 16.8. The van der Waals surface area contributed by atoms with Gasteiger partial charge < -0.3 is 11.1 Å². The molecule has 0 fully saturated rings. The lowest BCUT2D eigenvalue weighted by molar-refractivity contribution is 0.582. The van der Waals surface area contributed by atoms with E-state index in [1.165, 1.54) is 0 Å². The van der Waals surface area contributed by atoms with Gasteiger partial charge in [0.05, 0.1) is 12.6 Å². The summed E-state index contributed by atoms with van der Waals surface area (Å²) in [6, 6.07) is -0.00935. The van der Waals surface area contributed by atoms with Crippen molar-refractivity contribution in [2.75, 3.05) is 11.9 Å². The molecule has 1 aromatic rings. The van der Waals surface area contributed by atoms with E-state index in [1.54, 1.807) is 0 Å². The van der Waals surface area contributed by atoms with E-state index in [1.807, 2.05) is 4.68 Å². The van der Waals surface area contributed by atoms with Gasteiger partial charge in [-0.2, -0.15) is 10.1 Å². The first-order valence-corrected chi connectivity index (χ1v) is 4.75. The molecule has 0 aromatic carbocycles. The summed E-state index contributed by atoms with van der Waals surface area (Å²) in [5.41, 5.74) is 5.90. The van der Waals surface area contributed by atoms with Gasteiger partial charge in [-0.3, -0.25) is 0 Å². The molecule has 72 valence electrons. The summed E-state index contributed by atoms with van der Waals surface area (Å²) in [7, 11) is 0. The molecule has 0 radical (unpaired) electrons. The van der Waals surface area contributed by atoms with Crippen molar-refractivity contribution in [3.8, 4) is 0 Å². The zero-order valence-corrected chi connectivity index (χ0v) is 7.82. The zero-order valence-electron chi connectivity index (χ0n) is 7.82. The van der Waals surface area contributed by atoms with E-state index in [0.717, 1.165) is 37.7 Å². The van der Waals surface area contributed by atoms with E-state index in [0.29, 0.717) is 0 Å². The third kappa shape index (κ3) is 1.51. The predicted molar refractivity (Wildman–Crippen MR) is 50.3 cm³/mol. The molecule has 1 aromatic heterocycles. The maximum atomic E-state index is 5.90. The number of nitrogens with two attached hydrogens (primary N) is 1. The van der Waals surface area contributed by atoms with Gasteiger partial charge in [0.25, 0.3) is 0 Å². The molecule has 2 heterocycles. The van der Waals surface area contributed by atoms with Gasteiger partial charge in [0.15, 0.2) is 5.82 Å². The summed E-state index contributed by atoms with van der Waals surface area (Å²) in [4.78, 5) is 4.33. The Morgan fingerprint density at radius 1 is 1.69 bits per heavy atom. The first-order valence-electron chi connectivity index (χ1n) is 4.75. The quantitative estimate of drug-likeness (QED) is 0.712. The van der Waals surface area contributed by atoms with Gasteiger partial charge in [-0.15, -0.1) is 0 Å². The number of aromatic nitrogens is 3. The predicted octanol–water partition coefficient (Wildman–Crippen LogP) is 0.504. The molecule has 5 heteroatoms. The summed E-state index contributed by atoms with van der Waals surface area (Å²) in [6.07, 6.45) is 2.02. The summed E-state index contributed by atoms with van der Waals surface area (Å²) >= 11 is 0. The molecular formula is C8H15N5. The standard InChI is InChI=1S/C8H15N5/c1-2-3-6(9)7-11-8-10-4-5-13(8)12-7/h6H,2-5,9H2,1H3,(H,10,11,12). The first kappa shape index (κ1) is 8.50. The number of nitrogens with zero attached hydrogens (tertiary/aromatic N) is 3. The van der Waals surface area contributed by atoms with Crippen molar-refractivity contribution < 1.29 is 0 Å². The highest BCUT2D eigenvalue weighted by molar-refractivity contribution is 5.29. The summed E-state index contributed by atoms with van der Waals surface area (Å²) < 4.78 is 1.88. The Labute approximate surface area is 77.3 Å². The molecule has 0 saturated carbocycles. The Morgan fingerprint density at radius 3 is 3.23 bits per heavy atom. The Bertz CT molecular complexity index is 271. The van der Waals surface area contributed by atoms with Gasteiger partial charge in [0.2, 0.25) is 5.95 Å². The molecular weight excluding hydrogens is 166 g/mol. The topological polar surface area (TPSA) is 68.8 Å². The number of hydrogen-bond donors (Lipinski definition) is 2. The van der Waals surface area contributed by atoms with Crippen molar-refractivity contribution in [1.29, 1.82) is 0 Å². The molecule has 13 heavy (non-hydrogen) atoms. The zero-order chi connectivity index (χ0) is 9.26. The van der Waals surface area contributed by atoms with Crippen LogP contribution in [-0.2, 0) is 6.54 Å². The first-order chi connectivity index (χ1) is 6.31. The Hall–Kier alpha value is -1.10. The maximum absolute atomic E-state index is 5.90. The summed E-state index contributed by atoms with van der Waals surface area (Å²) in [6.45, 7) is 3.95. The lowest BCUT2D eigenvalue weighted by Gasteiger charge is -2.04. The average molecular weight is 181 g/mol. The van der Waals surface area contributed by atoms with Gasteiger partial charge in [0, 0.05) is 6.54 Å². The second-order valence-electron chi connectivity index (χ2n) is 3.34. The molecule has 0 amide bonds. The number of anilines is 1. The van der Waals surface area contributed by atoms with Gasteiger partial charge in [-0.25, -0.2) is 4.68 Å². The molecule has 0 saturated heterocycles. The maximum Gasteiger partial charge on any atom is 0.221 e. The van der Waals surface area contributed by atoms with Crippen molar-refractivity contribution in [2.24, 2.45) is 5.73 Å². The average Bonchev–Trinajstić information content (AvgIpc) is 2.61. The highest BCUT2D eigenvalue weighted by Crippen LogP contribution is 2.16. The van der Waals surface area contributed by atoms with Crippen LogP contribution in [0, 0.1) is 0 Å². The summed E-state index contributed by atoms with van der Waals surface area (Å²) in [5.74, 6) is 1.63. The van der Waals surface area contributed by atoms with Crippen LogP contribution in [0.4, 0.5) is 5.95 Å². The minimum Gasteiger partial charge on any atom is -0.353 e. The van der Waals surface area contributed by atoms with Crippen LogP contribution < -0.4 is 11.1 Å². The van der Waals surface area contributed by atoms with Gasteiger partial charge in [-0.05, 0) is 6.42 Å². The van der Waals surface area contributed by atoms with E-state index in [9.17, 15) is 0 Å². The fourth-order valence-corrected chi connectivity index (χ4v) is 1.52. The lowest BCUT2D eigenvalue weighted by Crippen LogP contribution is -2.13. The van der Waals surface area contributed by atoms with Crippen molar-refractivity contribution in [3.05, 3.63) is 5.82 Å². The van der Waals surface area contributed by atoms with Crippen LogP contribution in [0.1, 0.15) is 31.6 Å². The van der Waals surface area contributed by atoms with Gasteiger partial charge >= 0.3 is 0 Å². The molecule has 5 nitrogen and oxygen atoms in total. The molecule has 0 aliphatic carbocycles. The molecule has 1 atom stereocenters. The van der Waals surface area contributed by atoms with Gasteiger partial charge in [-0.1, -0.05) is 13.3 Å². The Kier molecular flexibility index (Phi) is 2.18. The number of hydrogen-bond acceptors (Lipinski definition) is 4. The van der Waals surface area contributed by atoms with Crippen molar-refractivity contribution in [3.63, 3.8) is 0 Å². The number of nitrogens with one attached hydrogen (secondary N) is 1. The Morgan fingerprint density at radius 2 is 2.54 bits per heavy atom. The van der Waals surface area contributed by atoms with Crippen molar-refractivity contribution in [1.82, 2.24) is 14.8 Å². The van der Waals surface area contributed by atoms with Crippen LogP contribution in [0.5, 0.6) is 0 Å². The molecule has 1 aliphatic heterocycles. The number of rotatable bonds is 3. The Balaban J connectivity index is 2.13. The molecule has 1 aliphatic rings. The van der Waals surface area contributed by atoms with E-state index in [2.05, 4.69) is 22.3 Å². The third-order valence-electron chi connectivity index (χ3n) is 2.23. The van der Waals surface area contributed by atoms with Crippen LogP contribution in [-0.4, -0.2) is 21.3 Å². The minimum atomic E-state index is -0.00935. The molecule has 0 bridgehead atoms. The van der Waals surface area contributed by atoms with Gasteiger partial charge in [0.1, 0.15) is 0 Å². The van der Waals surface area contributed by atoms with Crippen molar-refractivity contribution in [2.45, 2.75) is 32.4 Å². The molecule has 0 spiro atoms. The molecule has 1 unspecified atom stereocenters. The van der Waals surface area contributed by atoms with Crippen LogP contribution in [0.25, 0.3) is 0 Å². The molecule has 2 rings (SSSR count). The van der Waals surface area contributed by atoms with E-state index in [4.69, 9.17) is 5.73 Å². The van der Waals surface area contributed by atoms with Crippen molar-refractivity contribution >= 4 is 5.95 Å². The SMILES string of the molecule is CCCC(N)c1nc2n(n1)CCN2. The van der Waals surface area contributed by atoms with Crippen LogP contribution in [0.15, 0.2) is 0 Å². The lowest BCUT2D eigenvalue weighted by atomic mass is 10.2. The summed E-state index contributed by atoms with van der Waals surface area (Å²) in [5, 5.41) is 7.48. The second kappa shape index (κ2) is 3.33. The van der Waals surface area contributed by atoms with E-state index >= 15 is 0 Å². The highest BCUT2D eigenvalue weighted by Gasteiger charge is 2.17. The van der Waals surface area contributed by atoms with Crippen LogP contribution in [0.3, 0.4) is 0 Å². The van der Waals surface area contributed by atoms with E-state index < -0.39 is 0 Å². The number of fused-ring (bicyclic) bond motifs is 1. The minimum absolute atomic E-state index is 0.00935. The fraction of sp³-hybridized carbons (Fsp3) is 0.750. The second-order valence-corrected chi connectivity index (χ2v) is 3.34. The fourth-order valence-electron chi connectivity index (χ4n) is 1.52. The highest BCUT2D eigenvalue weighted by atomic mass is 15.4. The largest absolute Gasteiger partial charge is 0.353 e. The molecule has 3 N–H and O–H groups in total. The van der Waals surface area contributed by atoms with Crippen LogP contribution in [0.2, 0.25) is 0 Å². The van der Waals surface area contributed by atoms with Crippen LogP contribution >= 0.6 is 0 Å². The van der Waals surface area contributed by atoms with E-state index in [-0.39, 0.29) is 6.04 Å². The third-order valence-corrected chi connectivity index (χ3v) is 2.23.